The van der Waals surface area contributed by atoms with Gasteiger partial charge in [0.15, 0.2) is 0 Å². The summed E-state index contributed by atoms with van der Waals surface area (Å²) < 4.78 is 0. The van der Waals surface area contributed by atoms with Crippen LogP contribution in [0.2, 0.25) is 0 Å². The molecule has 1 aromatic carbocycles. The molecule has 0 bridgehead atoms. The number of hydrogen-bond donors (Lipinski definition) is 0. The highest BCUT2D eigenvalue weighted by atomic mass is 16.2. The van der Waals surface area contributed by atoms with Gasteiger partial charge in [0, 0.05) is 45.3 Å². The largest absolute Gasteiger partial charge is 0.370 e. The fourth-order valence-corrected chi connectivity index (χ4v) is 3.58. The highest BCUT2D eigenvalue weighted by Crippen LogP contribution is 2.25. The molecule has 2 aliphatic heterocycles. The standard InChI is InChI=1S/C18H27N3O/c1-15(22)19(2)13-16-5-7-17(8-6-16)21-12-9-18(14-21)20-10-3-4-11-20/h5-8,18H,3-4,9-14H2,1-2H3. The molecule has 2 aliphatic rings. The lowest BCUT2D eigenvalue weighted by Gasteiger charge is -2.24. The maximum atomic E-state index is 11.3. The Balaban J connectivity index is 1.58. The van der Waals surface area contributed by atoms with Crippen molar-refractivity contribution in [1.82, 2.24) is 9.80 Å². The van der Waals surface area contributed by atoms with Crippen molar-refractivity contribution in [3.63, 3.8) is 0 Å². The minimum atomic E-state index is 0.108. The van der Waals surface area contributed by atoms with Gasteiger partial charge in [-0.3, -0.25) is 9.69 Å². The second-order valence-corrected chi connectivity index (χ2v) is 6.67. The van der Waals surface area contributed by atoms with Crippen LogP contribution in [-0.4, -0.2) is 55.0 Å². The van der Waals surface area contributed by atoms with E-state index in [9.17, 15) is 4.79 Å². The van der Waals surface area contributed by atoms with Crippen LogP contribution in [0.15, 0.2) is 24.3 Å². The van der Waals surface area contributed by atoms with E-state index in [0.29, 0.717) is 6.54 Å². The molecule has 2 saturated heterocycles. The molecule has 1 unspecified atom stereocenters. The van der Waals surface area contributed by atoms with Crippen molar-refractivity contribution < 1.29 is 4.79 Å². The van der Waals surface area contributed by atoms with Crippen LogP contribution in [0.25, 0.3) is 0 Å². The molecule has 0 radical (unpaired) electrons. The van der Waals surface area contributed by atoms with Crippen LogP contribution in [0.3, 0.4) is 0 Å². The zero-order chi connectivity index (χ0) is 15.5. The van der Waals surface area contributed by atoms with E-state index >= 15 is 0 Å². The number of likely N-dealkylation sites (tertiary alicyclic amines) is 1. The van der Waals surface area contributed by atoms with Crippen molar-refractivity contribution in [2.45, 2.75) is 38.8 Å². The smallest absolute Gasteiger partial charge is 0.219 e. The molecule has 120 valence electrons. The number of hydrogen-bond acceptors (Lipinski definition) is 3. The monoisotopic (exact) mass is 301 g/mol. The van der Waals surface area contributed by atoms with E-state index < -0.39 is 0 Å². The zero-order valence-electron chi connectivity index (χ0n) is 13.8. The third-order valence-electron chi connectivity index (χ3n) is 5.08. The van der Waals surface area contributed by atoms with E-state index in [1.54, 1.807) is 11.8 Å². The van der Waals surface area contributed by atoms with Gasteiger partial charge < -0.3 is 9.80 Å². The molecule has 2 heterocycles. The Morgan fingerprint density at radius 3 is 2.50 bits per heavy atom. The predicted molar refractivity (Wildman–Crippen MR) is 90.0 cm³/mol. The molecule has 22 heavy (non-hydrogen) atoms. The summed E-state index contributed by atoms with van der Waals surface area (Å²) in [7, 11) is 1.84. The Kier molecular flexibility index (Phi) is 4.67. The maximum Gasteiger partial charge on any atom is 0.219 e. The average molecular weight is 301 g/mol. The quantitative estimate of drug-likeness (QED) is 0.854. The summed E-state index contributed by atoms with van der Waals surface area (Å²) in [6.45, 7) is 7.19. The predicted octanol–water partition coefficient (Wildman–Crippen LogP) is 2.34. The number of carbonyl (C=O) groups excluding carboxylic acids is 1. The third kappa shape index (κ3) is 3.43. The van der Waals surface area contributed by atoms with E-state index in [1.807, 2.05) is 7.05 Å². The molecular formula is C18H27N3O. The molecule has 2 fully saturated rings. The molecule has 0 aliphatic carbocycles. The van der Waals surface area contributed by atoms with Crippen molar-refractivity contribution in [3.8, 4) is 0 Å². The second-order valence-electron chi connectivity index (χ2n) is 6.67. The lowest BCUT2D eigenvalue weighted by Crippen LogP contribution is -2.35. The summed E-state index contributed by atoms with van der Waals surface area (Å²) >= 11 is 0. The lowest BCUT2D eigenvalue weighted by molar-refractivity contribution is -0.128. The second kappa shape index (κ2) is 6.69. The van der Waals surface area contributed by atoms with E-state index in [-0.39, 0.29) is 5.91 Å². The Morgan fingerprint density at radius 1 is 1.18 bits per heavy atom. The van der Waals surface area contributed by atoms with Gasteiger partial charge in [0.05, 0.1) is 0 Å². The molecule has 1 atom stereocenters. The molecular weight excluding hydrogens is 274 g/mol. The first kappa shape index (κ1) is 15.3. The van der Waals surface area contributed by atoms with Gasteiger partial charge in [-0.2, -0.15) is 0 Å². The Morgan fingerprint density at radius 2 is 1.86 bits per heavy atom. The van der Waals surface area contributed by atoms with E-state index in [0.717, 1.165) is 19.1 Å². The van der Waals surface area contributed by atoms with E-state index in [1.165, 1.54) is 43.6 Å². The Hall–Kier alpha value is -1.55. The number of amides is 1. The van der Waals surface area contributed by atoms with E-state index in [4.69, 9.17) is 0 Å². The molecule has 3 rings (SSSR count). The molecule has 1 amide bonds. The van der Waals surface area contributed by atoms with Crippen LogP contribution >= 0.6 is 0 Å². The van der Waals surface area contributed by atoms with Crippen LogP contribution in [0.5, 0.6) is 0 Å². The van der Waals surface area contributed by atoms with E-state index in [2.05, 4.69) is 34.1 Å². The van der Waals surface area contributed by atoms with Crippen LogP contribution in [0, 0.1) is 0 Å². The van der Waals surface area contributed by atoms with Gasteiger partial charge in [0.2, 0.25) is 5.91 Å². The first-order valence-corrected chi connectivity index (χ1v) is 8.43. The first-order chi connectivity index (χ1) is 10.6. The van der Waals surface area contributed by atoms with Crippen molar-refractivity contribution in [3.05, 3.63) is 29.8 Å². The van der Waals surface area contributed by atoms with Crippen LogP contribution in [0.4, 0.5) is 5.69 Å². The Bertz CT molecular complexity index is 508. The van der Waals surface area contributed by atoms with Gasteiger partial charge in [-0.05, 0) is 50.0 Å². The number of nitrogens with zero attached hydrogens (tertiary/aromatic N) is 3. The minimum absolute atomic E-state index is 0.108. The molecule has 0 aromatic heterocycles. The Labute approximate surface area is 133 Å². The fraction of sp³-hybridized carbons (Fsp3) is 0.611. The lowest BCUT2D eigenvalue weighted by atomic mass is 10.2. The van der Waals surface area contributed by atoms with Crippen molar-refractivity contribution >= 4 is 11.6 Å². The number of benzene rings is 1. The molecule has 0 N–H and O–H groups in total. The average Bonchev–Trinajstić information content (AvgIpc) is 3.19. The SMILES string of the molecule is CC(=O)N(C)Cc1ccc(N2CCC(N3CCCC3)C2)cc1. The van der Waals surface area contributed by atoms with Gasteiger partial charge in [0.25, 0.3) is 0 Å². The number of anilines is 1. The summed E-state index contributed by atoms with van der Waals surface area (Å²) in [5.74, 6) is 0.108. The molecule has 1 aromatic rings. The summed E-state index contributed by atoms with van der Waals surface area (Å²) in [6, 6.07) is 9.45. The highest BCUT2D eigenvalue weighted by Gasteiger charge is 2.29. The van der Waals surface area contributed by atoms with Gasteiger partial charge >= 0.3 is 0 Å². The highest BCUT2D eigenvalue weighted by molar-refractivity contribution is 5.72. The minimum Gasteiger partial charge on any atom is -0.370 e. The summed E-state index contributed by atoms with van der Waals surface area (Å²) in [5, 5.41) is 0. The van der Waals surface area contributed by atoms with Crippen LogP contribution < -0.4 is 4.90 Å². The number of rotatable bonds is 4. The van der Waals surface area contributed by atoms with Gasteiger partial charge in [-0.25, -0.2) is 0 Å². The maximum absolute atomic E-state index is 11.3. The normalized spacial score (nSPS) is 22.3. The topological polar surface area (TPSA) is 26.8 Å². The van der Waals surface area contributed by atoms with Crippen LogP contribution in [-0.2, 0) is 11.3 Å². The summed E-state index contributed by atoms with van der Waals surface area (Å²) in [6.07, 6.45) is 4.03. The van der Waals surface area contributed by atoms with Crippen molar-refractivity contribution in [2.75, 3.05) is 38.1 Å². The van der Waals surface area contributed by atoms with Crippen molar-refractivity contribution in [1.29, 1.82) is 0 Å². The molecule has 0 spiro atoms. The molecule has 4 heteroatoms. The van der Waals surface area contributed by atoms with Gasteiger partial charge in [0.1, 0.15) is 0 Å². The summed E-state index contributed by atoms with van der Waals surface area (Å²) in [4.78, 5) is 18.2. The number of carbonyl (C=O) groups is 1. The summed E-state index contributed by atoms with van der Waals surface area (Å²) in [5.41, 5.74) is 2.51. The first-order valence-electron chi connectivity index (χ1n) is 8.43. The molecule has 4 nitrogen and oxygen atoms in total. The third-order valence-corrected chi connectivity index (χ3v) is 5.08. The molecule has 0 saturated carbocycles. The fourth-order valence-electron chi connectivity index (χ4n) is 3.58. The zero-order valence-corrected chi connectivity index (χ0v) is 13.8. The van der Waals surface area contributed by atoms with Crippen LogP contribution in [0.1, 0.15) is 31.7 Å². The van der Waals surface area contributed by atoms with Gasteiger partial charge in [-0.1, -0.05) is 12.1 Å². The van der Waals surface area contributed by atoms with Crippen molar-refractivity contribution in [2.24, 2.45) is 0 Å². The van der Waals surface area contributed by atoms with Gasteiger partial charge in [-0.15, -0.1) is 0 Å².